The molecule has 1 aromatic heterocycles. The second-order valence-corrected chi connectivity index (χ2v) is 5.79. The van der Waals surface area contributed by atoms with E-state index in [2.05, 4.69) is 41.4 Å². The van der Waals surface area contributed by atoms with Gasteiger partial charge in [0.2, 0.25) is 0 Å². The van der Waals surface area contributed by atoms with E-state index < -0.39 is 0 Å². The highest BCUT2D eigenvalue weighted by Gasteiger charge is 2.41. The summed E-state index contributed by atoms with van der Waals surface area (Å²) in [5.41, 5.74) is 3.97. The van der Waals surface area contributed by atoms with Gasteiger partial charge in [-0.1, -0.05) is 19.1 Å². The van der Waals surface area contributed by atoms with E-state index >= 15 is 0 Å². The molecule has 1 fully saturated rings. The number of rotatable bonds is 7. The second-order valence-electron chi connectivity index (χ2n) is 5.79. The fraction of sp³-hybridized carbons (Fsp3) is 0.857. The lowest BCUT2D eigenvalue weighted by Gasteiger charge is -2.47. The highest BCUT2D eigenvalue weighted by atomic mass is 16.5. The van der Waals surface area contributed by atoms with Gasteiger partial charge in [-0.15, -0.1) is 5.10 Å². The number of nitrogens with zero attached hydrogens (tertiary/aromatic N) is 4. The van der Waals surface area contributed by atoms with Crippen LogP contribution >= 0.6 is 0 Å². The molecule has 7 heteroatoms. The molecule has 0 bridgehead atoms. The molecule has 1 aromatic rings. The van der Waals surface area contributed by atoms with Crippen LogP contribution in [0.5, 0.6) is 0 Å². The zero-order valence-electron chi connectivity index (χ0n) is 13.4. The van der Waals surface area contributed by atoms with Crippen molar-refractivity contribution in [2.75, 3.05) is 26.3 Å². The summed E-state index contributed by atoms with van der Waals surface area (Å²) in [5, 5.41) is 8.27. The highest BCUT2D eigenvalue weighted by Crippen LogP contribution is 2.34. The average Bonchev–Trinajstić information content (AvgIpc) is 2.97. The molecule has 0 aromatic carbocycles. The maximum atomic E-state index is 5.92. The lowest BCUT2D eigenvalue weighted by Crippen LogP contribution is -2.59. The van der Waals surface area contributed by atoms with Gasteiger partial charge in [0.05, 0.1) is 31.1 Å². The van der Waals surface area contributed by atoms with Crippen LogP contribution in [0.3, 0.4) is 0 Å². The van der Waals surface area contributed by atoms with Crippen molar-refractivity contribution in [1.82, 2.24) is 25.3 Å². The molecule has 7 nitrogen and oxygen atoms in total. The first kappa shape index (κ1) is 16.4. The van der Waals surface area contributed by atoms with E-state index in [-0.39, 0.29) is 11.6 Å². The van der Waals surface area contributed by atoms with Gasteiger partial charge in [0.25, 0.3) is 0 Å². The van der Waals surface area contributed by atoms with Crippen molar-refractivity contribution in [3.63, 3.8) is 0 Å². The van der Waals surface area contributed by atoms with E-state index in [4.69, 9.17) is 10.6 Å². The van der Waals surface area contributed by atoms with E-state index in [0.29, 0.717) is 0 Å². The smallest absolute Gasteiger partial charge is 0.0826 e. The van der Waals surface area contributed by atoms with Crippen LogP contribution in [0.1, 0.15) is 45.3 Å². The summed E-state index contributed by atoms with van der Waals surface area (Å²) in [4.78, 5) is 2.46. The standard InChI is InChI=1S/C14H28N6O/c1-4-6-20-12(11-16-18-20)13(17-15)14(3,5-2)19-7-9-21-10-8-19/h11,13,17H,4-10,15H2,1-3H3. The maximum absolute atomic E-state index is 5.92. The molecule has 0 aliphatic carbocycles. The zero-order chi connectivity index (χ0) is 15.3. The molecule has 0 amide bonds. The third-order valence-electron chi connectivity index (χ3n) is 4.62. The van der Waals surface area contributed by atoms with Crippen molar-refractivity contribution in [2.45, 2.75) is 51.7 Å². The summed E-state index contributed by atoms with van der Waals surface area (Å²) in [6, 6.07) is -0.0119. The SMILES string of the molecule is CCCn1nncc1C(NN)C(C)(CC)N1CCOCC1. The molecule has 1 aliphatic heterocycles. The first-order valence-electron chi connectivity index (χ1n) is 7.84. The Labute approximate surface area is 126 Å². The minimum Gasteiger partial charge on any atom is -0.379 e. The van der Waals surface area contributed by atoms with Gasteiger partial charge in [0.1, 0.15) is 0 Å². The highest BCUT2D eigenvalue weighted by molar-refractivity contribution is 5.12. The van der Waals surface area contributed by atoms with Crippen LogP contribution in [0.25, 0.3) is 0 Å². The quantitative estimate of drug-likeness (QED) is 0.569. The maximum Gasteiger partial charge on any atom is 0.0826 e. The number of morpholine rings is 1. The van der Waals surface area contributed by atoms with E-state index in [1.54, 1.807) is 0 Å². The number of hydrogen-bond acceptors (Lipinski definition) is 6. The summed E-state index contributed by atoms with van der Waals surface area (Å²) in [6.45, 7) is 10.9. The molecular weight excluding hydrogens is 268 g/mol. The van der Waals surface area contributed by atoms with Gasteiger partial charge in [-0.3, -0.25) is 10.7 Å². The van der Waals surface area contributed by atoms with Crippen LogP contribution in [-0.4, -0.2) is 51.7 Å². The van der Waals surface area contributed by atoms with Crippen LogP contribution in [0.2, 0.25) is 0 Å². The number of nitrogens with one attached hydrogen (secondary N) is 1. The predicted octanol–water partition coefficient (Wildman–Crippen LogP) is 0.693. The Balaban J connectivity index is 2.29. The Bertz CT molecular complexity index is 431. The van der Waals surface area contributed by atoms with Crippen molar-refractivity contribution >= 4 is 0 Å². The van der Waals surface area contributed by atoms with Crippen LogP contribution in [0.4, 0.5) is 0 Å². The first-order valence-corrected chi connectivity index (χ1v) is 7.84. The predicted molar refractivity (Wildman–Crippen MR) is 81.5 cm³/mol. The summed E-state index contributed by atoms with van der Waals surface area (Å²) < 4.78 is 7.44. The van der Waals surface area contributed by atoms with Crippen LogP contribution in [0.15, 0.2) is 6.20 Å². The largest absolute Gasteiger partial charge is 0.379 e. The summed E-state index contributed by atoms with van der Waals surface area (Å²) in [5.74, 6) is 5.92. The fourth-order valence-electron chi connectivity index (χ4n) is 3.14. The number of ether oxygens (including phenoxy) is 1. The van der Waals surface area contributed by atoms with Crippen molar-refractivity contribution in [3.05, 3.63) is 11.9 Å². The normalized spacial score (nSPS) is 21.1. The van der Waals surface area contributed by atoms with Gasteiger partial charge in [-0.2, -0.15) is 0 Å². The molecule has 0 spiro atoms. The van der Waals surface area contributed by atoms with Crippen molar-refractivity contribution < 1.29 is 4.74 Å². The van der Waals surface area contributed by atoms with Gasteiger partial charge in [-0.05, 0) is 19.8 Å². The summed E-state index contributed by atoms with van der Waals surface area (Å²) >= 11 is 0. The van der Waals surface area contributed by atoms with E-state index in [0.717, 1.165) is 51.4 Å². The van der Waals surface area contributed by atoms with Crippen LogP contribution < -0.4 is 11.3 Å². The number of aryl methyl sites for hydroxylation is 1. The van der Waals surface area contributed by atoms with Crippen molar-refractivity contribution in [3.8, 4) is 0 Å². The molecule has 0 saturated carbocycles. The molecule has 1 aliphatic rings. The number of hydrazine groups is 1. The zero-order valence-corrected chi connectivity index (χ0v) is 13.4. The molecule has 2 heterocycles. The number of aromatic nitrogens is 3. The van der Waals surface area contributed by atoms with Gasteiger partial charge in [-0.25, -0.2) is 10.1 Å². The third kappa shape index (κ3) is 3.26. The van der Waals surface area contributed by atoms with Crippen LogP contribution in [0, 0.1) is 0 Å². The molecule has 0 radical (unpaired) electrons. The molecule has 21 heavy (non-hydrogen) atoms. The van der Waals surface area contributed by atoms with Gasteiger partial charge in [0.15, 0.2) is 0 Å². The molecular formula is C14H28N6O. The number of hydrogen-bond donors (Lipinski definition) is 2. The molecule has 120 valence electrons. The minimum atomic E-state index is -0.0915. The second kappa shape index (κ2) is 7.31. The van der Waals surface area contributed by atoms with Gasteiger partial charge >= 0.3 is 0 Å². The molecule has 3 N–H and O–H groups in total. The van der Waals surface area contributed by atoms with Gasteiger partial charge in [0, 0.05) is 25.2 Å². The molecule has 2 unspecified atom stereocenters. The number of nitrogens with two attached hydrogens (primary N) is 1. The monoisotopic (exact) mass is 296 g/mol. The summed E-state index contributed by atoms with van der Waals surface area (Å²) in [6.07, 6.45) is 3.84. The molecule has 2 atom stereocenters. The lowest BCUT2D eigenvalue weighted by molar-refractivity contribution is -0.0340. The fourth-order valence-corrected chi connectivity index (χ4v) is 3.14. The average molecular weight is 296 g/mol. The van der Waals surface area contributed by atoms with Gasteiger partial charge < -0.3 is 4.74 Å². The molecule has 2 rings (SSSR count). The van der Waals surface area contributed by atoms with E-state index in [1.165, 1.54) is 0 Å². The minimum absolute atomic E-state index is 0.0119. The Morgan fingerprint density at radius 2 is 2.14 bits per heavy atom. The van der Waals surface area contributed by atoms with E-state index in [1.807, 2.05) is 10.9 Å². The van der Waals surface area contributed by atoms with Crippen molar-refractivity contribution in [1.29, 1.82) is 0 Å². The lowest BCUT2D eigenvalue weighted by atomic mass is 9.85. The first-order chi connectivity index (χ1) is 10.2. The Morgan fingerprint density at radius 1 is 1.43 bits per heavy atom. The Morgan fingerprint density at radius 3 is 2.71 bits per heavy atom. The third-order valence-corrected chi connectivity index (χ3v) is 4.62. The van der Waals surface area contributed by atoms with Crippen LogP contribution in [-0.2, 0) is 11.3 Å². The van der Waals surface area contributed by atoms with E-state index in [9.17, 15) is 0 Å². The molecule has 1 saturated heterocycles. The van der Waals surface area contributed by atoms with Crippen molar-refractivity contribution in [2.24, 2.45) is 5.84 Å². The topological polar surface area (TPSA) is 81.2 Å². The summed E-state index contributed by atoms with van der Waals surface area (Å²) in [7, 11) is 0. The Kier molecular flexibility index (Phi) is 5.69. The Hall–Kier alpha value is -1.02.